The molecule has 19 heavy (non-hydrogen) atoms. The van der Waals surface area contributed by atoms with Gasteiger partial charge in [0.05, 0.1) is 19.4 Å². The lowest BCUT2D eigenvalue weighted by Gasteiger charge is -2.22. The molecule has 0 heterocycles. The van der Waals surface area contributed by atoms with Crippen LogP contribution in [0.4, 0.5) is 0 Å². The van der Waals surface area contributed by atoms with Crippen LogP contribution in [0.2, 0.25) is 0 Å². The van der Waals surface area contributed by atoms with Crippen molar-refractivity contribution in [1.29, 1.82) is 0 Å². The molecule has 8 nitrogen and oxygen atoms in total. The zero-order chi connectivity index (χ0) is 15.1. The van der Waals surface area contributed by atoms with Crippen molar-refractivity contribution in [2.24, 2.45) is 0 Å². The van der Waals surface area contributed by atoms with Crippen molar-refractivity contribution in [3.05, 3.63) is 0 Å². The van der Waals surface area contributed by atoms with Crippen molar-refractivity contribution in [2.75, 3.05) is 6.61 Å². The van der Waals surface area contributed by atoms with Crippen LogP contribution >= 0.6 is 0 Å². The number of hydrogen-bond donors (Lipinski definition) is 2. The molecule has 0 rings (SSSR count). The second kappa shape index (κ2) is 7.47. The molecule has 0 aliphatic heterocycles. The van der Waals surface area contributed by atoms with Gasteiger partial charge in [-0.25, -0.2) is 4.79 Å². The maximum atomic E-state index is 11.5. The molecule has 0 radical (unpaired) electrons. The SMILES string of the molecule is CCCOC(=O)CC(O)(CC(=O)O)C(=O)OC(C)=O. The molecule has 1 unspecified atom stereocenters. The van der Waals surface area contributed by atoms with Gasteiger partial charge in [0, 0.05) is 6.92 Å². The van der Waals surface area contributed by atoms with Gasteiger partial charge in [0.15, 0.2) is 5.60 Å². The second-order valence-corrected chi connectivity index (χ2v) is 3.88. The number of rotatable bonds is 7. The van der Waals surface area contributed by atoms with Crippen LogP contribution in [0.3, 0.4) is 0 Å². The van der Waals surface area contributed by atoms with Gasteiger partial charge in [0.2, 0.25) is 0 Å². The van der Waals surface area contributed by atoms with Crippen molar-refractivity contribution in [2.45, 2.75) is 38.7 Å². The lowest BCUT2D eigenvalue weighted by Crippen LogP contribution is -2.45. The predicted octanol–water partition coefficient (Wildman–Crippen LogP) is -0.375. The van der Waals surface area contributed by atoms with Crippen LogP contribution < -0.4 is 0 Å². The van der Waals surface area contributed by atoms with Crippen molar-refractivity contribution in [3.63, 3.8) is 0 Å². The van der Waals surface area contributed by atoms with E-state index in [1.165, 1.54) is 0 Å². The van der Waals surface area contributed by atoms with Crippen molar-refractivity contribution in [3.8, 4) is 0 Å². The number of ether oxygens (including phenoxy) is 2. The summed E-state index contributed by atoms with van der Waals surface area (Å²) in [6, 6.07) is 0. The molecule has 0 aromatic heterocycles. The topological polar surface area (TPSA) is 127 Å². The first kappa shape index (κ1) is 17.0. The first-order valence-electron chi connectivity index (χ1n) is 5.54. The van der Waals surface area contributed by atoms with Crippen LogP contribution in [0.1, 0.15) is 33.1 Å². The standard InChI is InChI=1S/C11H16O8/c1-3-4-18-9(15)6-11(17,5-8(13)14)10(16)19-7(2)12/h17H,3-6H2,1-2H3,(H,13,14). The highest BCUT2D eigenvalue weighted by Crippen LogP contribution is 2.19. The fraction of sp³-hybridized carbons (Fsp3) is 0.636. The zero-order valence-corrected chi connectivity index (χ0v) is 10.7. The molecule has 2 N–H and O–H groups in total. The van der Waals surface area contributed by atoms with Gasteiger partial charge in [-0.1, -0.05) is 6.92 Å². The molecule has 0 saturated carbocycles. The van der Waals surface area contributed by atoms with Crippen LogP contribution in [-0.2, 0) is 28.7 Å². The Morgan fingerprint density at radius 3 is 2.16 bits per heavy atom. The fourth-order valence-electron chi connectivity index (χ4n) is 1.19. The average molecular weight is 276 g/mol. The third kappa shape index (κ3) is 6.51. The van der Waals surface area contributed by atoms with Gasteiger partial charge in [-0.05, 0) is 6.42 Å². The van der Waals surface area contributed by atoms with Crippen LogP contribution in [0.15, 0.2) is 0 Å². The van der Waals surface area contributed by atoms with Gasteiger partial charge in [-0.15, -0.1) is 0 Å². The molecule has 0 spiro atoms. The lowest BCUT2D eigenvalue weighted by atomic mass is 9.96. The van der Waals surface area contributed by atoms with E-state index in [4.69, 9.17) is 5.11 Å². The number of carbonyl (C=O) groups is 4. The van der Waals surface area contributed by atoms with Crippen LogP contribution in [0.5, 0.6) is 0 Å². The Balaban J connectivity index is 4.86. The molecule has 0 bridgehead atoms. The van der Waals surface area contributed by atoms with Crippen LogP contribution in [-0.4, -0.2) is 46.3 Å². The molecule has 0 amide bonds. The summed E-state index contributed by atoms with van der Waals surface area (Å²) in [5, 5.41) is 18.5. The van der Waals surface area contributed by atoms with E-state index < -0.39 is 42.3 Å². The average Bonchev–Trinajstić information content (AvgIpc) is 2.24. The highest BCUT2D eigenvalue weighted by Gasteiger charge is 2.43. The van der Waals surface area contributed by atoms with E-state index in [1.807, 2.05) is 0 Å². The molecular formula is C11H16O8. The monoisotopic (exact) mass is 276 g/mol. The summed E-state index contributed by atoms with van der Waals surface area (Å²) in [6.07, 6.45) is -1.44. The Labute approximate surface area is 109 Å². The summed E-state index contributed by atoms with van der Waals surface area (Å²) in [7, 11) is 0. The van der Waals surface area contributed by atoms with Crippen molar-refractivity contribution >= 4 is 23.9 Å². The van der Waals surface area contributed by atoms with E-state index in [2.05, 4.69) is 9.47 Å². The van der Waals surface area contributed by atoms with E-state index in [0.717, 1.165) is 6.92 Å². The van der Waals surface area contributed by atoms with E-state index >= 15 is 0 Å². The quantitative estimate of drug-likeness (QED) is 0.476. The van der Waals surface area contributed by atoms with Gasteiger partial charge in [-0.3, -0.25) is 14.4 Å². The third-order valence-corrected chi connectivity index (χ3v) is 1.96. The Kier molecular flexibility index (Phi) is 6.70. The number of aliphatic carboxylic acids is 1. The maximum absolute atomic E-state index is 11.5. The fourth-order valence-corrected chi connectivity index (χ4v) is 1.19. The molecule has 108 valence electrons. The largest absolute Gasteiger partial charge is 0.481 e. The van der Waals surface area contributed by atoms with Gasteiger partial charge in [-0.2, -0.15) is 0 Å². The minimum Gasteiger partial charge on any atom is -0.481 e. The maximum Gasteiger partial charge on any atom is 0.346 e. The Bertz CT molecular complexity index is 375. The van der Waals surface area contributed by atoms with E-state index in [9.17, 15) is 24.3 Å². The highest BCUT2D eigenvalue weighted by molar-refractivity contribution is 5.94. The molecule has 1 atom stereocenters. The van der Waals surface area contributed by atoms with Gasteiger partial charge < -0.3 is 19.7 Å². The van der Waals surface area contributed by atoms with E-state index in [-0.39, 0.29) is 6.61 Å². The third-order valence-electron chi connectivity index (χ3n) is 1.96. The molecule has 0 aliphatic rings. The van der Waals surface area contributed by atoms with Crippen molar-refractivity contribution in [1.82, 2.24) is 0 Å². The molecule has 0 aromatic carbocycles. The molecule has 8 heteroatoms. The Morgan fingerprint density at radius 2 is 1.74 bits per heavy atom. The summed E-state index contributed by atoms with van der Waals surface area (Å²) in [4.78, 5) is 44.0. The van der Waals surface area contributed by atoms with Crippen molar-refractivity contribution < 1.29 is 38.9 Å². The number of carboxylic acid groups (broad SMARTS) is 1. The zero-order valence-electron chi connectivity index (χ0n) is 10.7. The van der Waals surface area contributed by atoms with Gasteiger partial charge >= 0.3 is 23.9 Å². The summed E-state index contributed by atoms with van der Waals surface area (Å²) in [5.41, 5.74) is -2.62. The first-order valence-corrected chi connectivity index (χ1v) is 5.54. The van der Waals surface area contributed by atoms with E-state index in [1.54, 1.807) is 6.92 Å². The van der Waals surface area contributed by atoms with Gasteiger partial charge in [0.1, 0.15) is 0 Å². The summed E-state index contributed by atoms with van der Waals surface area (Å²) in [6.45, 7) is 2.72. The molecular weight excluding hydrogens is 260 g/mol. The normalized spacial score (nSPS) is 13.2. The number of esters is 3. The van der Waals surface area contributed by atoms with Crippen LogP contribution in [0, 0.1) is 0 Å². The van der Waals surface area contributed by atoms with Crippen LogP contribution in [0.25, 0.3) is 0 Å². The molecule has 0 aliphatic carbocycles. The smallest absolute Gasteiger partial charge is 0.346 e. The molecule has 0 saturated heterocycles. The predicted molar refractivity (Wildman–Crippen MR) is 59.8 cm³/mol. The summed E-state index contributed by atoms with van der Waals surface area (Å²) in [5.74, 6) is -4.98. The molecule has 0 aromatic rings. The number of carboxylic acids is 1. The first-order chi connectivity index (χ1) is 8.71. The summed E-state index contributed by atoms with van der Waals surface area (Å²) < 4.78 is 8.76. The second-order valence-electron chi connectivity index (χ2n) is 3.88. The molecule has 0 fully saturated rings. The van der Waals surface area contributed by atoms with E-state index in [0.29, 0.717) is 6.42 Å². The number of aliphatic hydroxyl groups is 1. The number of carbonyl (C=O) groups excluding carboxylic acids is 3. The highest BCUT2D eigenvalue weighted by atomic mass is 16.6. The Morgan fingerprint density at radius 1 is 1.16 bits per heavy atom. The summed E-state index contributed by atoms with van der Waals surface area (Å²) >= 11 is 0. The number of hydrogen-bond acceptors (Lipinski definition) is 7. The minimum atomic E-state index is -2.62. The minimum absolute atomic E-state index is 0.0732. The Hall–Kier alpha value is -1.96. The van der Waals surface area contributed by atoms with Gasteiger partial charge in [0.25, 0.3) is 0 Å². The lowest BCUT2D eigenvalue weighted by molar-refractivity contribution is -0.181.